The standard InChI is InChI=1S/C15H14ClNO3S/c1-19-14-9(5-6-10(16)15(14)21-2)13(18)11-7-12(20-17-11)8-3-4-8/h5-8H,3-4H2,1-2H3. The Hall–Kier alpha value is -1.46. The van der Waals surface area contributed by atoms with Gasteiger partial charge in [0.25, 0.3) is 0 Å². The first kappa shape index (κ1) is 14.5. The van der Waals surface area contributed by atoms with Gasteiger partial charge in [-0.2, -0.15) is 0 Å². The van der Waals surface area contributed by atoms with E-state index >= 15 is 0 Å². The highest BCUT2D eigenvalue weighted by Gasteiger charge is 2.30. The molecule has 1 saturated carbocycles. The molecule has 0 amide bonds. The Morgan fingerprint density at radius 3 is 2.86 bits per heavy atom. The lowest BCUT2D eigenvalue weighted by molar-refractivity contribution is 0.102. The number of hydrogen-bond donors (Lipinski definition) is 0. The molecule has 1 aromatic heterocycles. The molecule has 0 aliphatic heterocycles. The van der Waals surface area contributed by atoms with Crippen LogP contribution in [0.3, 0.4) is 0 Å². The van der Waals surface area contributed by atoms with E-state index in [-0.39, 0.29) is 5.78 Å². The summed E-state index contributed by atoms with van der Waals surface area (Å²) in [6.45, 7) is 0. The highest BCUT2D eigenvalue weighted by Crippen LogP contribution is 2.41. The van der Waals surface area contributed by atoms with Crippen LogP contribution in [0, 0.1) is 0 Å². The monoisotopic (exact) mass is 323 g/mol. The van der Waals surface area contributed by atoms with Gasteiger partial charge in [-0.15, -0.1) is 11.8 Å². The van der Waals surface area contributed by atoms with Crippen LogP contribution >= 0.6 is 23.4 Å². The average molecular weight is 324 g/mol. The zero-order valence-corrected chi connectivity index (χ0v) is 13.3. The molecule has 4 nitrogen and oxygen atoms in total. The molecular weight excluding hydrogens is 310 g/mol. The van der Waals surface area contributed by atoms with E-state index in [2.05, 4.69) is 5.16 Å². The fourth-order valence-electron chi connectivity index (χ4n) is 2.20. The van der Waals surface area contributed by atoms with Crippen LogP contribution in [-0.2, 0) is 0 Å². The number of benzene rings is 1. The first-order valence-electron chi connectivity index (χ1n) is 6.57. The quantitative estimate of drug-likeness (QED) is 0.610. The van der Waals surface area contributed by atoms with Crippen molar-refractivity contribution in [2.75, 3.05) is 13.4 Å². The predicted octanol–water partition coefficient (Wildman–Crippen LogP) is 4.17. The van der Waals surface area contributed by atoms with Crippen molar-refractivity contribution in [3.63, 3.8) is 0 Å². The van der Waals surface area contributed by atoms with Crippen LogP contribution in [-0.4, -0.2) is 24.3 Å². The number of rotatable bonds is 5. The van der Waals surface area contributed by atoms with E-state index in [4.69, 9.17) is 20.9 Å². The Bertz CT molecular complexity index is 694. The minimum atomic E-state index is -0.213. The lowest BCUT2D eigenvalue weighted by atomic mass is 10.1. The minimum Gasteiger partial charge on any atom is -0.495 e. The number of methoxy groups -OCH3 is 1. The van der Waals surface area contributed by atoms with E-state index in [1.807, 2.05) is 6.26 Å². The minimum absolute atomic E-state index is 0.213. The number of halogens is 1. The zero-order valence-electron chi connectivity index (χ0n) is 11.7. The van der Waals surface area contributed by atoms with Gasteiger partial charge in [-0.25, -0.2) is 0 Å². The summed E-state index contributed by atoms with van der Waals surface area (Å²) >= 11 is 7.58. The predicted molar refractivity (Wildman–Crippen MR) is 81.7 cm³/mol. The van der Waals surface area contributed by atoms with Gasteiger partial charge in [-0.05, 0) is 31.2 Å². The number of aromatic nitrogens is 1. The van der Waals surface area contributed by atoms with Crippen molar-refractivity contribution in [1.82, 2.24) is 5.16 Å². The summed E-state index contributed by atoms with van der Waals surface area (Å²) in [5, 5.41) is 4.45. The van der Waals surface area contributed by atoms with E-state index in [0.717, 1.165) is 23.5 Å². The number of carbonyl (C=O) groups excluding carboxylic acids is 1. The average Bonchev–Trinajstić information content (AvgIpc) is 3.23. The Kier molecular flexibility index (Phi) is 3.95. The van der Waals surface area contributed by atoms with Crippen LogP contribution in [0.4, 0.5) is 0 Å². The maximum Gasteiger partial charge on any atom is 0.218 e. The van der Waals surface area contributed by atoms with Gasteiger partial charge in [0.15, 0.2) is 5.69 Å². The fourth-order valence-corrected chi connectivity index (χ4v) is 3.23. The van der Waals surface area contributed by atoms with Crippen LogP contribution in [0.15, 0.2) is 27.6 Å². The molecular formula is C15H14ClNO3S. The van der Waals surface area contributed by atoms with Crippen molar-refractivity contribution < 1.29 is 14.1 Å². The number of thioether (sulfide) groups is 1. The second-order valence-corrected chi connectivity index (χ2v) is 6.10. The third-order valence-electron chi connectivity index (χ3n) is 3.46. The van der Waals surface area contributed by atoms with Crippen molar-refractivity contribution in [1.29, 1.82) is 0 Å². The molecule has 110 valence electrons. The molecule has 1 heterocycles. The van der Waals surface area contributed by atoms with Gasteiger partial charge in [-0.1, -0.05) is 16.8 Å². The molecule has 1 fully saturated rings. The Labute approximate surface area is 131 Å². The first-order valence-corrected chi connectivity index (χ1v) is 8.17. The fraction of sp³-hybridized carbons (Fsp3) is 0.333. The number of nitrogens with zero attached hydrogens (tertiary/aromatic N) is 1. The van der Waals surface area contributed by atoms with Gasteiger partial charge < -0.3 is 9.26 Å². The summed E-state index contributed by atoms with van der Waals surface area (Å²) in [5.74, 6) is 1.48. The van der Waals surface area contributed by atoms with Gasteiger partial charge in [0.2, 0.25) is 5.78 Å². The molecule has 6 heteroatoms. The largest absolute Gasteiger partial charge is 0.495 e. The Balaban J connectivity index is 2.00. The second kappa shape index (κ2) is 5.73. The van der Waals surface area contributed by atoms with Crippen molar-refractivity contribution in [3.05, 3.63) is 40.2 Å². The van der Waals surface area contributed by atoms with Gasteiger partial charge in [0.05, 0.1) is 22.6 Å². The third-order valence-corrected chi connectivity index (χ3v) is 4.70. The van der Waals surface area contributed by atoms with Crippen molar-refractivity contribution >= 4 is 29.1 Å². The second-order valence-electron chi connectivity index (χ2n) is 4.88. The molecule has 21 heavy (non-hydrogen) atoms. The lowest BCUT2D eigenvalue weighted by Crippen LogP contribution is -2.05. The van der Waals surface area contributed by atoms with Crippen molar-refractivity contribution in [2.24, 2.45) is 0 Å². The number of carbonyl (C=O) groups is 1. The number of ether oxygens (including phenoxy) is 1. The van der Waals surface area contributed by atoms with Crippen LogP contribution in [0.2, 0.25) is 5.02 Å². The topological polar surface area (TPSA) is 52.3 Å². The number of ketones is 1. The molecule has 1 aliphatic rings. The molecule has 2 aromatic rings. The van der Waals surface area contributed by atoms with Gasteiger partial charge in [-0.3, -0.25) is 4.79 Å². The lowest BCUT2D eigenvalue weighted by Gasteiger charge is -2.11. The molecule has 0 radical (unpaired) electrons. The normalized spacial score (nSPS) is 14.2. The van der Waals surface area contributed by atoms with Crippen LogP contribution < -0.4 is 4.74 Å². The van der Waals surface area contributed by atoms with Gasteiger partial charge >= 0.3 is 0 Å². The Morgan fingerprint density at radius 2 is 2.24 bits per heavy atom. The summed E-state index contributed by atoms with van der Waals surface area (Å²) in [6, 6.07) is 5.09. The molecule has 1 aliphatic carbocycles. The summed E-state index contributed by atoms with van der Waals surface area (Å²) < 4.78 is 10.6. The highest BCUT2D eigenvalue weighted by molar-refractivity contribution is 7.98. The summed E-state index contributed by atoms with van der Waals surface area (Å²) in [6.07, 6.45) is 4.09. The van der Waals surface area contributed by atoms with E-state index < -0.39 is 0 Å². The molecule has 0 unspecified atom stereocenters. The zero-order chi connectivity index (χ0) is 15.0. The van der Waals surface area contributed by atoms with Crippen LogP contribution in [0.1, 0.15) is 40.6 Å². The first-order chi connectivity index (χ1) is 10.2. The molecule has 0 saturated heterocycles. The molecule has 0 spiro atoms. The van der Waals surface area contributed by atoms with Gasteiger partial charge in [0.1, 0.15) is 11.5 Å². The highest BCUT2D eigenvalue weighted by atomic mass is 35.5. The van der Waals surface area contributed by atoms with E-state index in [0.29, 0.717) is 27.9 Å². The van der Waals surface area contributed by atoms with Gasteiger partial charge in [0, 0.05) is 12.0 Å². The van der Waals surface area contributed by atoms with E-state index in [9.17, 15) is 4.79 Å². The maximum absolute atomic E-state index is 12.6. The SMILES string of the molecule is COc1c(C(=O)c2cc(C3CC3)on2)ccc(Cl)c1SC. The summed E-state index contributed by atoms with van der Waals surface area (Å²) in [5.41, 5.74) is 0.756. The van der Waals surface area contributed by atoms with Crippen molar-refractivity contribution in [3.8, 4) is 5.75 Å². The Morgan fingerprint density at radius 1 is 1.48 bits per heavy atom. The molecule has 1 aromatic carbocycles. The molecule has 0 bridgehead atoms. The van der Waals surface area contributed by atoms with Crippen LogP contribution in [0.25, 0.3) is 0 Å². The smallest absolute Gasteiger partial charge is 0.218 e. The summed E-state index contributed by atoms with van der Waals surface area (Å²) in [4.78, 5) is 13.4. The molecule has 0 atom stereocenters. The number of hydrogen-bond acceptors (Lipinski definition) is 5. The third kappa shape index (κ3) is 2.68. The summed E-state index contributed by atoms with van der Waals surface area (Å²) in [7, 11) is 1.53. The van der Waals surface area contributed by atoms with Crippen molar-refractivity contribution in [2.45, 2.75) is 23.7 Å². The van der Waals surface area contributed by atoms with Crippen LogP contribution in [0.5, 0.6) is 5.75 Å². The van der Waals surface area contributed by atoms with E-state index in [1.54, 1.807) is 18.2 Å². The molecule has 3 rings (SSSR count). The van der Waals surface area contributed by atoms with E-state index in [1.165, 1.54) is 18.9 Å². The molecule has 0 N–H and O–H groups in total. The maximum atomic E-state index is 12.6.